The van der Waals surface area contributed by atoms with Gasteiger partial charge in [0.05, 0.1) is 0 Å². The molecule has 1 aromatic rings. The highest BCUT2D eigenvalue weighted by Gasteiger charge is 2.30. The second-order valence-electron chi connectivity index (χ2n) is 5.54. The van der Waals surface area contributed by atoms with E-state index in [2.05, 4.69) is 15.2 Å². The number of amides is 2. The van der Waals surface area contributed by atoms with Gasteiger partial charge in [-0.25, -0.2) is 4.98 Å². The van der Waals surface area contributed by atoms with E-state index in [4.69, 9.17) is 5.73 Å². The van der Waals surface area contributed by atoms with Gasteiger partial charge in [0.1, 0.15) is 12.4 Å². The highest BCUT2D eigenvalue weighted by Crippen LogP contribution is 2.24. The van der Waals surface area contributed by atoms with E-state index in [9.17, 15) is 9.59 Å². The lowest BCUT2D eigenvalue weighted by molar-refractivity contribution is -0.119. The molecule has 0 radical (unpaired) electrons. The van der Waals surface area contributed by atoms with Crippen LogP contribution < -0.4 is 5.73 Å². The molecule has 0 unspecified atom stereocenters. The van der Waals surface area contributed by atoms with Crippen LogP contribution in [0.15, 0.2) is 0 Å². The third kappa shape index (κ3) is 3.15. The molecule has 3 N–H and O–H groups in total. The Morgan fingerprint density at radius 1 is 1.40 bits per heavy atom. The Balaban J connectivity index is 2.17. The zero-order chi connectivity index (χ0) is 14.7. The fourth-order valence-corrected chi connectivity index (χ4v) is 2.51. The number of primary amides is 1. The quantitative estimate of drug-likeness (QED) is 0.831. The molecule has 1 saturated carbocycles. The smallest absolute Gasteiger partial charge is 0.294 e. The van der Waals surface area contributed by atoms with Gasteiger partial charge in [0.25, 0.3) is 5.91 Å². The van der Waals surface area contributed by atoms with Crippen molar-refractivity contribution in [1.29, 1.82) is 0 Å². The van der Waals surface area contributed by atoms with E-state index in [1.165, 1.54) is 4.90 Å². The Labute approximate surface area is 117 Å². The monoisotopic (exact) mass is 279 g/mol. The van der Waals surface area contributed by atoms with E-state index >= 15 is 0 Å². The molecule has 2 rings (SSSR count). The minimum absolute atomic E-state index is 0.0657. The number of carbonyl (C=O) groups excluding carboxylic acids is 2. The molecule has 110 valence electrons. The summed E-state index contributed by atoms with van der Waals surface area (Å²) in [7, 11) is 0. The molecule has 7 nitrogen and oxygen atoms in total. The van der Waals surface area contributed by atoms with E-state index in [-0.39, 0.29) is 30.2 Å². The van der Waals surface area contributed by atoms with Crippen LogP contribution in [0, 0.1) is 0 Å². The van der Waals surface area contributed by atoms with Crippen LogP contribution in [-0.4, -0.2) is 44.5 Å². The standard InChI is InChI=1S/C13H21N5O2/c1-8(2)11-15-12(17-16-11)13(20)18(7-10(14)19)9-5-3-4-6-9/h8-9H,3-7H2,1-2H3,(H2,14,19)(H,15,16,17). The minimum Gasteiger partial charge on any atom is -0.368 e. The first-order valence-corrected chi connectivity index (χ1v) is 7.00. The van der Waals surface area contributed by atoms with Crippen LogP contribution >= 0.6 is 0 Å². The Kier molecular flexibility index (Phi) is 4.36. The van der Waals surface area contributed by atoms with Crippen molar-refractivity contribution in [2.75, 3.05) is 6.54 Å². The number of hydrogen-bond donors (Lipinski definition) is 2. The number of aromatic nitrogens is 3. The largest absolute Gasteiger partial charge is 0.368 e. The number of nitrogens with zero attached hydrogens (tertiary/aromatic N) is 3. The van der Waals surface area contributed by atoms with Gasteiger partial charge in [0.2, 0.25) is 11.7 Å². The van der Waals surface area contributed by atoms with Gasteiger partial charge in [-0.15, -0.1) is 5.10 Å². The molecule has 7 heteroatoms. The fourth-order valence-electron chi connectivity index (χ4n) is 2.51. The summed E-state index contributed by atoms with van der Waals surface area (Å²) in [5, 5.41) is 6.72. The molecule has 1 fully saturated rings. The molecule has 2 amide bonds. The molecule has 1 aliphatic carbocycles. The molecule has 0 spiro atoms. The Bertz CT molecular complexity index is 491. The summed E-state index contributed by atoms with van der Waals surface area (Å²) >= 11 is 0. The third-order valence-corrected chi connectivity index (χ3v) is 3.59. The average molecular weight is 279 g/mol. The Morgan fingerprint density at radius 3 is 2.55 bits per heavy atom. The number of rotatable bonds is 5. The predicted octanol–water partition coefficient (Wildman–Crippen LogP) is 0.798. The van der Waals surface area contributed by atoms with Gasteiger partial charge in [-0.05, 0) is 12.8 Å². The van der Waals surface area contributed by atoms with Crippen molar-refractivity contribution in [3.63, 3.8) is 0 Å². The van der Waals surface area contributed by atoms with Crippen LogP contribution in [0.4, 0.5) is 0 Å². The van der Waals surface area contributed by atoms with Gasteiger partial charge in [0.15, 0.2) is 0 Å². The molecule has 0 aliphatic heterocycles. The maximum Gasteiger partial charge on any atom is 0.294 e. The minimum atomic E-state index is -0.509. The summed E-state index contributed by atoms with van der Waals surface area (Å²) in [4.78, 5) is 29.4. The van der Waals surface area contributed by atoms with Crippen LogP contribution in [0.5, 0.6) is 0 Å². The molecule has 1 aromatic heterocycles. The highest BCUT2D eigenvalue weighted by atomic mass is 16.2. The number of nitrogens with two attached hydrogens (primary N) is 1. The van der Waals surface area contributed by atoms with Gasteiger partial charge in [-0.2, -0.15) is 0 Å². The molecule has 1 heterocycles. The first-order valence-electron chi connectivity index (χ1n) is 7.00. The maximum absolute atomic E-state index is 12.5. The van der Waals surface area contributed by atoms with Crippen LogP contribution in [0.25, 0.3) is 0 Å². The number of nitrogens with one attached hydrogen (secondary N) is 1. The van der Waals surface area contributed by atoms with E-state index < -0.39 is 5.91 Å². The average Bonchev–Trinajstić information content (AvgIpc) is 3.05. The number of hydrogen-bond acceptors (Lipinski definition) is 4. The zero-order valence-electron chi connectivity index (χ0n) is 11.9. The summed E-state index contributed by atoms with van der Waals surface area (Å²) in [5.41, 5.74) is 5.25. The molecule has 0 atom stereocenters. The summed E-state index contributed by atoms with van der Waals surface area (Å²) in [5.74, 6) is 0.115. The molecule has 1 aliphatic rings. The summed E-state index contributed by atoms with van der Waals surface area (Å²) in [6.45, 7) is 3.86. The maximum atomic E-state index is 12.5. The summed E-state index contributed by atoms with van der Waals surface area (Å²) in [6.07, 6.45) is 3.94. The van der Waals surface area contributed by atoms with Crippen molar-refractivity contribution >= 4 is 11.8 Å². The van der Waals surface area contributed by atoms with Crippen LogP contribution in [0.3, 0.4) is 0 Å². The van der Waals surface area contributed by atoms with Crippen molar-refractivity contribution in [2.24, 2.45) is 5.73 Å². The summed E-state index contributed by atoms with van der Waals surface area (Å²) < 4.78 is 0. The Morgan fingerprint density at radius 2 is 2.05 bits per heavy atom. The first kappa shape index (κ1) is 14.5. The topological polar surface area (TPSA) is 105 Å². The molecule has 20 heavy (non-hydrogen) atoms. The van der Waals surface area contributed by atoms with Crippen molar-refractivity contribution in [3.8, 4) is 0 Å². The number of H-pyrrole nitrogens is 1. The Hall–Kier alpha value is -1.92. The van der Waals surface area contributed by atoms with Gasteiger partial charge >= 0.3 is 0 Å². The lowest BCUT2D eigenvalue weighted by Gasteiger charge is -2.26. The van der Waals surface area contributed by atoms with Gasteiger partial charge in [0, 0.05) is 12.0 Å². The van der Waals surface area contributed by atoms with E-state index in [1.807, 2.05) is 13.8 Å². The second kappa shape index (κ2) is 6.02. The molecule has 0 aromatic carbocycles. The van der Waals surface area contributed by atoms with Crippen LogP contribution in [0.1, 0.15) is 61.9 Å². The SMILES string of the molecule is CC(C)c1nc(C(=O)N(CC(N)=O)C2CCCC2)n[nH]1. The van der Waals surface area contributed by atoms with E-state index in [1.54, 1.807) is 0 Å². The molecule has 0 bridgehead atoms. The van der Waals surface area contributed by atoms with Gasteiger partial charge in [-0.3, -0.25) is 14.7 Å². The normalized spacial score (nSPS) is 15.8. The van der Waals surface area contributed by atoms with Gasteiger partial charge < -0.3 is 10.6 Å². The molecular formula is C13H21N5O2. The van der Waals surface area contributed by atoms with Crippen molar-refractivity contribution < 1.29 is 9.59 Å². The van der Waals surface area contributed by atoms with E-state index in [0.717, 1.165) is 25.7 Å². The van der Waals surface area contributed by atoms with Crippen molar-refractivity contribution in [2.45, 2.75) is 51.5 Å². The third-order valence-electron chi connectivity index (χ3n) is 3.59. The summed E-state index contributed by atoms with van der Waals surface area (Å²) in [6, 6.07) is 0.0657. The highest BCUT2D eigenvalue weighted by molar-refractivity contribution is 5.93. The van der Waals surface area contributed by atoms with E-state index in [0.29, 0.717) is 5.82 Å². The fraction of sp³-hybridized carbons (Fsp3) is 0.692. The predicted molar refractivity (Wildman–Crippen MR) is 73.0 cm³/mol. The zero-order valence-corrected chi connectivity index (χ0v) is 11.9. The van der Waals surface area contributed by atoms with Crippen molar-refractivity contribution in [1.82, 2.24) is 20.1 Å². The van der Waals surface area contributed by atoms with Crippen molar-refractivity contribution in [3.05, 3.63) is 11.6 Å². The number of aromatic amines is 1. The first-order chi connectivity index (χ1) is 9.49. The number of carbonyl (C=O) groups is 2. The van der Waals surface area contributed by atoms with Crippen LogP contribution in [0.2, 0.25) is 0 Å². The lowest BCUT2D eigenvalue weighted by Crippen LogP contribution is -2.44. The van der Waals surface area contributed by atoms with Crippen LogP contribution in [-0.2, 0) is 4.79 Å². The second-order valence-corrected chi connectivity index (χ2v) is 5.54. The molecular weight excluding hydrogens is 258 g/mol. The van der Waals surface area contributed by atoms with Gasteiger partial charge in [-0.1, -0.05) is 26.7 Å². The lowest BCUT2D eigenvalue weighted by atomic mass is 10.2. The molecule has 0 saturated heterocycles.